The van der Waals surface area contributed by atoms with Crippen LogP contribution in [-0.2, 0) is 0 Å². The lowest BCUT2D eigenvalue weighted by Gasteiger charge is -2.21. The van der Waals surface area contributed by atoms with Crippen molar-refractivity contribution in [1.82, 2.24) is 4.98 Å². The van der Waals surface area contributed by atoms with Crippen LogP contribution in [0.5, 0.6) is 0 Å². The van der Waals surface area contributed by atoms with E-state index in [-0.39, 0.29) is 0 Å². The summed E-state index contributed by atoms with van der Waals surface area (Å²) in [6, 6.07) is 10.4. The van der Waals surface area contributed by atoms with Crippen LogP contribution >= 0.6 is 0 Å². The summed E-state index contributed by atoms with van der Waals surface area (Å²) in [5.41, 5.74) is 5.39. The van der Waals surface area contributed by atoms with Crippen LogP contribution in [0.3, 0.4) is 0 Å². The van der Waals surface area contributed by atoms with E-state index in [1.165, 1.54) is 11.1 Å². The van der Waals surface area contributed by atoms with E-state index < -0.39 is 6.10 Å². The Bertz CT molecular complexity index is 558. The largest absolute Gasteiger partial charge is 0.387 e. The molecule has 20 heavy (non-hydrogen) atoms. The van der Waals surface area contributed by atoms with Crippen LogP contribution < -0.4 is 4.90 Å². The molecule has 0 amide bonds. The molecule has 0 saturated carbocycles. The average Bonchev–Trinajstić information content (AvgIpc) is 2.45. The first-order valence-electron chi connectivity index (χ1n) is 6.97. The fourth-order valence-corrected chi connectivity index (χ4v) is 2.30. The van der Waals surface area contributed by atoms with Crippen molar-refractivity contribution in [2.45, 2.75) is 33.3 Å². The summed E-state index contributed by atoms with van der Waals surface area (Å²) in [6.07, 6.45) is 2.01. The van der Waals surface area contributed by atoms with Crippen molar-refractivity contribution in [3.05, 3.63) is 53.3 Å². The molecule has 1 N–H and O–H groups in total. The fraction of sp³-hybridized carbons (Fsp3) is 0.353. The number of anilines is 2. The van der Waals surface area contributed by atoms with Crippen molar-refractivity contribution in [2.24, 2.45) is 0 Å². The van der Waals surface area contributed by atoms with E-state index in [2.05, 4.69) is 41.9 Å². The molecule has 1 atom stereocenters. The number of aliphatic hydroxyl groups is 1. The van der Waals surface area contributed by atoms with Gasteiger partial charge < -0.3 is 10.0 Å². The number of benzene rings is 1. The van der Waals surface area contributed by atoms with Crippen LogP contribution in [0, 0.1) is 13.8 Å². The molecule has 3 nitrogen and oxygen atoms in total. The molecular formula is C17H22N2O. The number of pyridine rings is 1. The SMILES string of the molecule is CCC(O)c1ccc(N(C)c2cc(C)cc(C)c2)cn1. The Kier molecular flexibility index (Phi) is 4.40. The Balaban J connectivity index is 2.26. The summed E-state index contributed by atoms with van der Waals surface area (Å²) in [7, 11) is 2.03. The Morgan fingerprint density at radius 1 is 1.10 bits per heavy atom. The molecule has 0 radical (unpaired) electrons. The van der Waals surface area contributed by atoms with Gasteiger partial charge in [-0.2, -0.15) is 0 Å². The van der Waals surface area contributed by atoms with Crippen LogP contribution in [0.1, 0.15) is 36.3 Å². The van der Waals surface area contributed by atoms with Gasteiger partial charge in [-0.05, 0) is 55.7 Å². The highest BCUT2D eigenvalue weighted by Crippen LogP contribution is 2.26. The van der Waals surface area contributed by atoms with Crippen molar-refractivity contribution >= 4 is 11.4 Å². The van der Waals surface area contributed by atoms with E-state index in [4.69, 9.17) is 0 Å². The standard InChI is InChI=1S/C17H22N2O/c1-5-17(20)16-7-6-14(11-18-16)19(4)15-9-12(2)8-13(3)10-15/h6-11,17,20H,5H2,1-4H3. The molecule has 106 valence electrons. The highest BCUT2D eigenvalue weighted by molar-refractivity contribution is 5.63. The van der Waals surface area contributed by atoms with Crippen molar-refractivity contribution in [2.75, 3.05) is 11.9 Å². The second-order valence-corrected chi connectivity index (χ2v) is 5.27. The average molecular weight is 270 g/mol. The predicted octanol–water partition coefficient (Wildman–Crippen LogP) is 3.91. The molecule has 1 unspecified atom stereocenters. The first-order chi connectivity index (χ1) is 9.51. The number of hydrogen-bond acceptors (Lipinski definition) is 3. The Morgan fingerprint density at radius 2 is 1.75 bits per heavy atom. The number of rotatable bonds is 4. The van der Waals surface area contributed by atoms with E-state index in [0.29, 0.717) is 6.42 Å². The van der Waals surface area contributed by atoms with Gasteiger partial charge in [0.15, 0.2) is 0 Å². The first kappa shape index (κ1) is 14.5. The third kappa shape index (κ3) is 3.17. The maximum absolute atomic E-state index is 9.77. The van der Waals surface area contributed by atoms with E-state index >= 15 is 0 Å². The minimum atomic E-state index is -0.476. The van der Waals surface area contributed by atoms with Crippen molar-refractivity contribution < 1.29 is 5.11 Å². The third-order valence-electron chi connectivity index (χ3n) is 3.48. The number of aliphatic hydroxyl groups excluding tert-OH is 1. The highest BCUT2D eigenvalue weighted by atomic mass is 16.3. The molecule has 2 rings (SSSR count). The lowest BCUT2D eigenvalue weighted by Crippen LogP contribution is -2.11. The summed E-state index contributed by atoms with van der Waals surface area (Å²) in [5, 5.41) is 9.77. The zero-order valence-electron chi connectivity index (χ0n) is 12.6. The van der Waals surface area contributed by atoms with Crippen molar-refractivity contribution in [3.8, 4) is 0 Å². The number of aryl methyl sites for hydroxylation is 2. The third-order valence-corrected chi connectivity index (χ3v) is 3.48. The van der Waals surface area contributed by atoms with Gasteiger partial charge in [0.1, 0.15) is 0 Å². The molecule has 1 aromatic carbocycles. The molecule has 0 aliphatic heterocycles. The fourth-order valence-electron chi connectivity index (χ4n) is 2.30. The molecule has 1 heterocycles. The van der Waals surface area contributed by atoms with Gasteiger partial charge in [-0.3, -0.25) is 4.98 Å². The van der Waals surface area contributed by atoms with E-state index in [0.717, 1.165) is 17.1 Å². The van der Waals surface area contributed by atoms with Crippen LogP contribution in [0.25, 0.3) is 0 Å². The van der Waals surface area contributed by atoms with Gasteiger partial charge in [0, 0.05) is 12.7 Å². The number of nitrogens with zero attached hydrogens (tertiary/aromatic N) is 2. The summed E-state index contributed by atoms with van der Waals surface area (Å²) in [6.45, 7) is 6.15. The summed E-state index contributed by atoms with van der Waals surface area (Å²) in [4.78, 5) is 6.46. The molecular weight excluding hydrogens is 248 g/mol. The Labute approximate surface area is 120 Å². The molecule has 1 aromatic heterocycles. The Hall–Kier alpha value is -1.87. The maximum atomic E-state index is 9.77. The minimum absolute atomic E-state index is 0.476. The molecule has 0 bridgehead atoms. The second kappa shape index (κ2) is 6.06. The van der Waals surface area contributed by atoms with Gasteiger partial charge in [-0.15, -0.1) is 0 Å². The molecule has 0 saturated heterocycles. The molecule has 3 heteroatoms. The summed E-state index contributed by atoms with van der Waals surface area (Å²) < 4.78 is 0. The zero-order valence-corrected chi connectivity index (χ0v) is 12.6. The highest BCUT2D eigenvalue weighted by Gasteiger charge is 2.09. The molecule has 0 aliphatic carbocycles. The van der Waals surface area contributed by atoms with Crippen molar-refractivity contribution in [1.29, 1.82) is 0 Å². The van der Waals surface area contributed by atoms with Crippen LogP contribution in [0.15, 0.2) is 36.5 Å². The number of aromatic nitrogens is 1. The summed E-state index contributed by atoms with van der Waals surface area (Å²) >= 11 is 0. The van der Waals surface area contributed by atoms with E-state index in [9.17, 15) is 5.11 Å². The van der Waals surface area contributed by atoms with Gasteiger partial charge in [0.05, 0.1) is 23.7 Å². The normalized spacial score (nSPS) is 12.2. The van der Waals surface area contributed by atoms with Crippen LogP contribution in [0.2, 0.25) is 0 Å². The van der Waals surface area contributed by atoms with Gasteiger partial charge >= 0.3 is 0 Å². The van der Waals surface area contributed by atoms with Gasteiger partial charge in [-0.25, -0.2) is 0 Å². The molecule has 0 fully saturated rings. The minimum Gasteiger partial charge on any atom is -0.387 e. The quantitative estimate of drug-likeness (QED) is 0.915. The van der Waals surface area contributed by atoms with Gasteiger partial charge in [0.2, 0.25) is 0 Å². The lowest BCUT2D eigenvalue weighted by molar-refractivity contribution is 0.169. The van der Waals surface area contributed by atoms with E-state index in [1.807, 2.05) is 32.3 Å². The predicted molar refractivity (Wildman–Crippen MR) is 83.5 cm³/mol. The molecule has 0 spiro atoms. The van der Waals surface area contributed by atoms with Gasteiger partial charge in [-0.1, -0.05) is 13.0 Å². The van der Waals surface area contributed by atoms with Crippen LogP contribution in [0.4, 0.5) is 11.4 Å². The molecule has 0 aliphatic rings. The summed E-state index contributed by atoms with van der Waals surface area (Å²) in [5.74, 6) is 0. The lowest BCUT2D eigenvalue weighted by atomic mass is 10.1. The zero-order chi connectivity index (χ0) is 14.7. The van der Waals surface area contributed by atoms with Crippen LogP contribution in [-0.4, -0.2) is 17.1 Å². The smallest absolute Gasteiger partial charge is 0.0957 e. The van der Waals surface area contributed by atoms with Gasteiger partial charge in [0.25, 0.3) is 0 Å². The first-order valence-corrected chi connectivity index (χ1v) is 6.97. The maximum Gasteiger partial charge on any atom is 0.0957 e. The topological polar surface area (TPSA) is 36.4 Å². The second-order valence-electron chi connectivity index (χ2n) is 5.27. The monoisotopic (exact) mass is 270 g/mol. The Morgan fingerprint density at radius 3 is 2.25 bits per heavy atom. The molecule has 2 aromatic rings. The number of hydrogen-bond donors (Lipinski definition) is 1. The van der Waals surface area contributed by atoms with Crippen molar-refractivity contribution in [3.63, 3.8) is 0 Å². The van der Waals surface area contributed by atoms with E-state index in [1.54, 1.807) is 0 Å².